The molecule has 2 N–H and O–H groups in total. The second kappa shape index (κ2) is 8.76. The number of anilines is 2. The van der Waals surface area contributed by atoms with Gasteiger partial charge >= 0.3 is 0 Å². The number of carboxylic acid groups (broad SMARTS) is 1. The predicted molar refractivity (Wildman–Crippen MR) is 126 cm³/mol. The van der Waals surface area contributed by atoms with E-state index in [1.165, 1.54) is 32.2 Å². The molecule has 4 nitrogen and oxygen atoms in total. The number of nitrogens with one attached hydrogen (secondary N) is 1. The van der Waals surface area contributed by atoms with Gasteiger partial charge in [0.25, 0.3) is 6.47 Å². The van der Waals surface area contributed by atoms with Gasteiger partial charge in [-0.05, 0) is 53.3 Å². The molecule has 2 heterocycles. The lowest BCUT2D eigenvalue weighted by molar-refractivity contribution is -0.122. The maximum atomic E-state index is 8.36. The first-order valence-corrected chi connectivity index (χ1v) is 10.4. The van der Waals surface area contributed by atoms with Gasteiger partial charge < -0.3 is 10.4 Å². The molecule has 0 aliphatic rings. The third-order valence-corrected chi connectivity index (χ3v) is 5.73. The maximum absolute atomic E-state index is 8.36. The number of hydrogen-bond donors (Lipinski definition) is 2. The molecular weight excluding hydrogens is 392 g/mol. The SMILES string of the molecule is Cc1ccc2c(c1)nc(Nc1cccc(-c3ccccc3)c1)c1ccsc12.O=CO. The zero-order chi connectivity index (χ0) is 20.9. The van der Waals surface area contributed by atoms with E-state index >= 15 is 0 Å². The molecule has 30 heavy (non-hydrogen) atoms. The lowest BCUT2D eigenvalue weighted by Gasteiger charge is -2.11. The summed E-state index contributed by atoms with van der Waals surface area (Å²) in [6.07, 6.45) is 0. The van der Waals surface area contributed by atoms with Crippen molar-refractivity contribution in [2.75, 3.05) is 5.32 Å². The summed E-state index contributed by atoms with van der Waals surface area (Å²) in [6, 6.07) is 27.6. The van der Waals surface area contributed by atoms with Crippen molar-refractivity contribution in [2.45, 2.75) is 6.92 Å². The predicted octanol–water partition coefficient (Wildman–Crippen LogP) is 6.87. The van der Waals surface area contributed by atoms with Crippen LogP contribution in [0.25, 0.3) is 32.1 Å². The molecule has 0 radical (unpaired) electrons. The normalized spacial score (nSPS) is 10.4. The zero-order valence-corrected chi connectivity index (χ0v) is 17.2. The Balaban J connectivity index is 0.000000687. The van der Waals surface area contributed by atoms with Crippen LogP contribution < -0.4 is 5.32 Å². The highest BCUT2D eigenvalue weighted by Gasteiger charge is 2.10. The first kappa shape index (κ1) is 19.6. The summed E-state index contributed by atoms with van der Waals surface area (Å²) in [4.78, 5) is 13.3. The van der Waals surface area contributed by atoms with Crippen LogP contribution in [0.1, 0.15) is 5.56 Å². The lowest BCUT2D eigenvalue weighted by atomic mass is 10.1. The fourth-order valence-electron chi connectivity index (χ4n) is 3.45. The van der Waals surface area contributed by atoms with Gasteiger partial charge in [-0.15, -0.1) is 11.3 Å². The van der Waals surface area contributed by atoms with E-state index in [4.69, 9.17) is 14.9 Å². The topological polar surface area (TPSA) is 62.2 Å². The van der Waals surface area contributed by atoms with Crippen LogP contribution >= 0.6 is 11.3 Å². The molecule has 0 amide bonds. The van der Waals surface area contributed by atoms with Crippen LogP contribution in [-0.2, 0) is 4.79 Å². The largest absolute Gasteiger partial charge is 0.483 e. The summed E-state index contributed by atoms with van der Waals surface area (Å²) in [5, 5.41) is 15.0. The van der Waals surface area contributed by atoms with Crippen LogP contribution in [0.4, 0.5) is 11.5 Å². The molecule has 0 fully saturated rings. The summed E-state index contributed by atoms with van der Waals surface area (Å²) >= 11 is 1.77. The molecule has 0 saturated carbocycles. The van der Waals surface area contributed by atoms with E-state index < -0.39 is 0 Å². The van der Waals surface area contributed by atoms with Gasteiger partial charge in [-0.2, -0.15) is 0 Å². The molecule has 0 bridgehead atoms. The molecular formula is C25H20N2O2S. The third kappa shape index (κ3) is 4.02. The van der Waals surface area contributed by atoms with Crippen molar-refractivity contribution in [1.82, 2.24) is 4.98 Å². The van der Waals surface area contributed by atoms with Gasteiger partial charge in [0.1, 0.15) is 5.82 Å². The Labute approximate surface area is 178 Å². The quantitative estimate of drug-likeness (QED) is 0.317. The third-order valence-electron chi connectivity index (χ3n) is 4.78. The van der Waals surface area contributed by atoms with Crippen LogP contribution in [-0.4, -0.2) is 16.6 Å². The van der Waals surface area contributed by atoms with E-state index in [-0.39, 0.29) is 6.47 Å². The number of rotatable bonds is 3. The minimum atomic E-state index is -0.250. The van der Waals surface area contributed by atoms with E-state index in [0.29, 0.717) is 0 Å². The Hall–Kier alpha value is -3.70. The number of fused-ring (bicyclic) bond motifs is 3. The minimum absolute atomic E-state index is 0.250. The Morgan fingerprint density at radius 2 is 1.67 bits per heavy atom. The molecule has 5 rings (SSSR count). The van der Waals surface area contributed by atoms with E-state index in [2.05, 4.69) is 90.4 Å². The van der Waals surface area contributed by atoms with E-state index in [0.717, 1.165) is 17.0 Å². The molecule has 5 aromatic rings. The molecule has 148 valence electrons. The van der Waals surface area contributed by atoms with Gasteiger partial charge in [0.2, 0.25) is 0 Å². The molecule has 5 heteroatoms. The van der Waals surface area contributed by atoms with Crippen LogP contribution in [0.15, 0.2) is 84.2 Å². The average Bonchev–Trinajstić information content (AvgIpc) is 3.25. The van der Waals surface area contributed by atoms with Crippen molar-refractivity contribution in [3.05, 3.63) is 89.8 Å². The van der Waals surface area contributed by atoms with E-state index in [1.54, 1.807) is 11.3 Å². The number of carbonyl (C=O) groups is 1. The van der Waals surface area contributed by atoms with Crippen LogP contribution in [0.5, 0.6) is 0 Å². The molecule has 3 aromatic carbocycles. The summed E-state index contributed by atoms with van der Waals surface area (Å²) in [7, 11) is 0. The second-order valence-corrected chi connectivity index (χ2v) is 7.74. The van der Waals surface area contributed by atoms with Crippen molar-refractivity contribution in [3.63, 3.8) is 0 Å². The smallest absolute Gasteiger partial charge is 0.290 e. The van der Waals surface area contributed by atoms with Crippen LogP contribution in [0.3, 0.4) is 0 Å². The van der Waals surface area contributed by atoms with Gasteiger partial charge in [0.15, 0.2) is 0 Å². The summed E-state index contributed by atoms with van der Waals surface area (Å²) < 4.78 is 1.28. The van der Waals surface area contributed by atoms with Crippen molar-refractivity contribution < 1.29 is 9.90 Å². The minimum Gasteiger partial charge on any atom is -0.483 e. The zero-order valence-electron chi connectivity index (χ0n) is 16.4. The van der Waals surface area contributed by atoms with Crippen molar-refractivity contribution in [1.29, 1.82) is 0 Å². The lowest BCUT2D eigenvalue weighted by Crippen LogP contribution is -1.95. The van der Waals surface area contributed by atoms with Crippen molar-refractivity contribution in [3.8, 4) is 11.1 Å². The van der Waals surface area contributed by atoms with Gasteiger partial charge in [-0.3, -0.25) is 4.79 Å². The molecule has 0 atom stereocenters. The molecule has 0 saturated heterocycles. The summed E-state index contributed by atoms with van der Waals surface area (Å²) in [5.74, 6) is 0.912. The number of nitrogens with zero attached hydrogens (tertiary/aromatic N) is 1. The average molecular weight is 413 g/mol. The first-order valence-electron chi connectivity index (χ1n) is 9.47. The fraction of sp³-hybridized carbons (Fsp3) is 0.0400. The van der Waals surface area contributed by atoms with Crippen molar-refractivity contribution >= 4 is 50.3 Å². The Kier molecular flexibility index (Phi) is 5.72. The monoisotopic (exact) mass is 412 g/mol. The summed E-state index contributed by atoms with van der Waals surface area (Å²) in [6.45, 7) is 1.86. The highest BCUT2D eigenvalue weighted by atomic mass is 32.1. The van der Waals surface area contributed by atoms with Gasteiger partial charge in [-0.25, -0.2) is 4.98 Å². The molecule has 0 spiro atoms. The molecule has 2 aromatic heterocycles. The molecule has 0 aliphatic carbocycles. The number of thiophene rings is 1. The van der Waals surface area contributed by atoms with Crippen LogP contribution in [0, 0.1) is 6.92 Å². The van der Waals surface area contributed by atoms with Gasteiger partial charge in [0.05, 0.1) is 5.52 Å². The fourth-order valence-corrected chi connectivity index (χ4v) is 4.38. The van der Waals surface area contributed by atoms with Gasteiger partial charge in [-0.1, -0.05) is 54.6 Å². The number of aromatic nitrogens is 1. The Morgan fingerprint density at radius 3 is 2.47 bits per heavy atom. The Bertz CT molecular complexity index is 1310. The highest BCUT2D eigenvalue weighted by Crippen LogP contribution is 2.35. The number of aryl methyl sites for hydroxylation is 1. The highest BCUT2D eigenvalue weighted by molar-refractivity contribution is 7.18. The van der Waals surface area contributed by atoms with E-state index in [1.807, 2.05) is 6.07 Å². The maximum Gasteiger partial charge on any atom is 0.290 e. The summed E-state index contributed by atoms with van der Waals surface area (Å²) in [5.41, 5.74) is 5.71. The van der Waals surface area contributed by atoms with Gasteiger partial charge in [0, 0.05) is 21.2 Å². The molecule has 0 unspecified atom stereocenters. The first-order chi connectivity index (χ1) is 14.7. The van der Waals surface area contributed by atoms with E-state index in [9.17, 15) is 0 Å². The second-order valence-electron chi connectivity index (χ2n) is 6.82. The Morgan fingerprint density at radius 1 is 0.900 bits per heavy atom. The number of pyridine rings is 1. The van der Waals surface area contributed by atoms with Crippen LogP contribution in [0.2, 0.25) is 0 Å². The van der Waals surface area contributed by atoms with Crippen molar-refractivity contribution in [2.24, 2.45) is 0 Å². The molecule has 0 aliphatic heterocycles. The standard InChI is InChI=1S/C24H18N2S.CH2O2/c1-16-10-11-20-22(14-16)26-24(21-12-13-27-23(20)21)25-19-9-5-8-18(15-19)17-6-3-2-4-7-17;2-1-3/h2-15H,1H3,(H,25,26);1H,(H,2,3). The number of benzene rings is 3. The number of hydrogen-bond acceptors (Lipinski definition) is 4.